The monoisotopic (exact) mass is 249 g/mol. The maximum atomic E-state index is 12.6. The molecule has 0 aromatic rings. The first-order chi connectivity index (χ1) is 8.54. The molecule has 2 aliphatic rings. The van der Waals surface area contributed by atoms with E-state index in [1.54, 1.807) is 0 Å². The van der Waals surface area contributed by atoms with Crippen molar-refractivity contribution in [3.8, 4) is 6.07 Å². The summed E-state index contributed by atoms with van der Waals surface area (Å²) in [6.07, 6.45) is 2.84. The van der Waals surface area contributed by atoms with Gasteiger partial charge in [-0.25, -0.2) is 0 Å². The lowest BCUT2D eigenvalue weighted by Crippen LogP contribution is -2.53. The highest BCUT2D eigenvalue weighted by atomic mass is 16.2. The summed E-state index contributed by atoms with van der Waals surface area (Å²) in [6, 6.07) is 2.14. The molecular weight excluding hydrogens is 226 g/mol. The summed E-state index contributed by atoms with van der Waals surface area (Å²) in [5.41, 5.74) is 0. The number of hydrogen-bond acceptors (Lipinski definition) is 3. The maximum Gasteiger partial charge on any atom is 0.241 e. The lowest BCUT2D eigenvalue weighted by atomic mass is 9.93. The van der Waals surface area contributed by atoms with Gasteiger partial charge in [-0.3, -0.25) is 4.79 Å². The van der Waals surface area contributed by atoms with Crippen LogP contribution >= 0.6 is 0 Å². The zero-order valence-electron chi connectivity index (χ0n) is 11.5. The molecule has 0 saturated carbocycles. The molecule has 0 radical (unpaired) electrons. The van der Waals surface area contributed by atoms with Crippen LogP contribution in [0.3, 0.4) is 0 Å². The molecule has 5 atom stereocenters. The SMILES string of the molecule is CC1[C@@H](C)C[C@@H](C#N)N1C(=O)[C@@H]1C[C@@H](C)CCN1. The molecule has 2 rings (SSSR count). The number of amides is 1. The summed E-state index contributed by atoms with van der Waals surface area (Å²) >= 11 is 0. The highest BCUT2D eigenvalue weighted by Gasteiger charge is 2.42. The zero-order chi connectivity index (χ0) is 13.3. The van der Waals surface area contributed by atoms with Gasteiger partial charge in [0.15, 0.2) is 0 Å². The molecule has 100 valence electrons. The van der Waals surface area contributed by atoms with Crippen LogP contribution < -0.4 is 5.32 Å². The molecule has 1 unspecified atom stereocenters. The van der Waals surface area contributed by atoms with Gasteiger partial charge in [0, 0.05) is 6.04 Å². The Bertz CT molecular complexity index is 363. The molecule has 4 nitrogen and oxygen atoms in total. The number of nitrogens with one attached hydrogen (secondary N) is 1. The minimum atomic E-state index is -0.235. The molecule has 2 heterocycles. The van der Waals surface area contributed by atoms with E-state index in [2.05, 4.69) is 32.2 Å². The molecule has 1 amide bonds. The van der Waals surface area contributed by atoms with E-state index >= 15 is 0 Å². The van der Waals surface area contributed by atoms with Gasteiger partial charge in [0.05, 0.1) is 12.1 Å². The second-order valence-corrected chi connectivity index (χ2v) is 5.98. The van der Waals surface area contributed by atoms with Crippen LogP contribution in [0.1, 0.15) is 40.0 Å². The summed E-state index contributed by atoms with van der Waals surface area (Å²) in [5.74, 6) is 1.14. The number of nitriles is 1. The third kappa shape index (κ3) is 2.37. The van der Waals surface area contributed by atoms with Crippen LogP contribution in [-0.2, 0) is 4.79 Å². The fourth-order valence-corrected chi connectivity index (χ4v) is 3.17. The van der Waals surface area contributed by atoms with Gasteiger partial charge in [0.1, 0.15) is 6.04 Å². The third-order valence-corrected chi connectivity index (χ3v) is 4.56. The smallest absolute Gasteiger partial charge is 0.241 e. The summed E-state index contributed by atoms with van der Waals surface area (Å²) in [7, 11) is 0. The molecule has 0 aliphatic carbocycles. The Morgan fingerprint density at radius 3 is 2.67 bits per heavy atom. The Hall–Kier alpha value is -1.08. The first-order valence-corrected chi connectivity index (χ1v) is 6.99. The van der Waals surface area contributed by atoms with Crippen LogP contribution in [0, 0.1) is 23.2 Å². The number of likely N-dealkylation sites (tertiary alicyclic amines) is 1. The summed E-state index contributed by atoms with van der Waals surface area (Å²) in [5, 5.41) is 12.5. The molecule has 2 fully saturated rings. The Balaban J connectivity index is 2.10. The van der Waals surface area contributed by atoms with Crippen LogP contribution in [0.25, 0.3) is 0 Å². The molecule has 0 bridgehead atoms. The van der Waals surface area contributed by atoms with E-state index in [1.807, 2.05) is 4.90 Å². The molecule has 4 heteroatoms. The zero-order valence-corrected chi connectivity index (χ0v) is 11.5. The fourth-order valence-electron chi connectivity index (χ4n) is 3.17. The summed E-state index contributed by atoms with van der Waals surface area (Å²) in [6.45, 7) is 7.29. The molecule has 1 N–H and O–H groups in total. The number of nitrogens with zero attached hydrogens (tertiary/aromatic N) is 2. The first kappa shape index (κ1) is 13.4. The van der Waals surface area contributed by atoms with E-state index in [-0.39, 0.29) is 24.0 Å². The van der Waals surface area contributed by atoms with Crippen molar-refractivity contribution in [1.29, 1.82) is 5.26 Å². The van der Waals surface area contributed by atoms with Crippen molar-refractivity contribution < 1.29 is 4.79 Å². The minimum Gasteiger partial charge on any atom is -0.322 e. The maximum absolute atomic E-state index is 12.6. The highest BCUT2D eigenvalue weighted by molar-refractivity contribution is 5.83. The van der Waals surface area contributed by atoms with E-state index in [0.717, 1.165) is 25.8 Å². The average Bonchev–Trinajstić information content (AvgIpc) is 2.64. The predicted octanol–water partition coefficient (Wildman–Crippen LogP) is 1.52. The fraction of sp³-hybridized carbons (Fsp3) is 0.857. The van der Waals surface area contributed by atoms with E-state index in [4.69, 9.17) is 0 Å². The van der Waals surface area contributed by atoms with Gasteiger partial charge in [-0.2, -0.15) is 5.26 Å². The van der Waals surface area contributed by atoms with Gasteiger partial charge < -0.3 is 10.2 Å². The molecule has 0 aromatic heterocycles. The van der Waals surface area contributed by atoms with Crippen molar-refractivity contribution in [2.45, 2.75) is 58.2 Å². The molecule has 18 heavy (non-hydrogen) atoms. The van der Waals surface area contributed by atoms with Crippen LogP contribution in [-0.4, -0.2) is 35.5 Å². The second-order valence-electron chi connectivity index (χ2n) is 5.98. The molecule has 2 aliphatic heterocycles. The number of hydrogen-bond donors (Lipinski definition) is 1. The Morgan fingerprint density at radius 2 is 2.06 bits per heavy atom. The van der Waals surface area contributed by atoms with E-state index in [0.29, 0.717) is 11.8 Å². The summed E-state index contributed by atoms with van der Waals surface area (Å²) < 4.78 is 0. The van der Waals surface area contributed by atoms with Gasteiger partial charge in [-0.1, -0.05) is 13.8 Å². The van der Waals surface area contributed by atoms with E-state index in [9.17, 15) is 10.1 Å². The largest absolute Gasteiger partial charge is 0.322 e. The Morgan fingerprint density at radius 1 is 1.33 bits per heavy atom. The van der Waals surface area contributed by atoms with Crippen molar-refractivity contribution in [3.63, 3.8) is 0 Å². The average molecular weight is 249 g/mol. The number of carbonyl (C=O) groups excluding carboxylic acids is 1. The minimum absolute atomic E-state index is 0.0858. The molecule has 0 spiro atoms. The quantitative estimate of drug-likeness (QED) is 0.766. The predicted molar refractivity (Wildman–Crippen MR) is 69.7 cm³/mol. The van der Waals surface area contributed by atoms with Gasteiger partial charge in [0.2, 0.25) is 5.91 Å². The highest BCUT2D eigenvalue weighted by Crippen LogP contribution is 2.30. The van der Waals surface area contributed by atoms with Crippen molar-refractivity contribution in [1.82, 2.24) is 10.2 Å². The summed E-state index contributed by atoms with van der Waals surface area (Å²) in [4.78, 5) is 14.4. The number of carbonyl (C=O) groups is 1. The van der Waals surface area contributed by atoms with Crippen LogP contribution in [0.5, 0.6) is 0 Å². The van der Waals surface area contributed by atoms with E-state index < -0.39 is 0 Å². The number of piperidine rings is 1. The van der Waals surface area contributed by atoms with Gasteiger partial charge >= 0.3 is 0 Å². The Labute approximate surface area is 109 Å². The molecule has 2 saturated heterocycles. The molecule has 0 aromatic carbocycles. The topological polar surface area (TPSA) is 56.1 Å². The van der Waals surface area contributed by atoms with Gasteiger partial charge in [-0.05, 0) is 44.6 Å². The molecular formula is C14H23N3O. The van der Waals surface area contributed by atoms with Crippen molar-refractivity contribution >= 4 is 5.91 Å². The van der Waals surface area contributed by atoms with Crippen molar-refractivity contribution in [2.24, 2.45) is 11.8 Å². The van der Waals surface area contributed by atoms with Crippen LogP contribution in [0.2, 0.25) is 0 Å². The van der Waals surface area contributed by atoms with Crippen molar-refractivity contribution in [3.05, 3.63) is 0 Å². The normalized spacial score (nSPS) is 40.6. The third-order valence-electron chi connectivity index (χ3n) is 4.56. The van der Waals surface area contributed by atoms with Crippen LogP contribution in [0.15, 0.2) is 0 Å². The second kappa shape index (κ2) is 5.27. The number of rotatable bonds is 1. The Kier molecular flexibility index (Phi) is 3.91. The van der Waals surface area contributed by atoms with Crippen molar-refractivity contribution in [2.75, 3.05) is 6.54 Å². The lowest BCUT2D eigenvalue weighted by Gasteiger charge is -2.34. The van der Waals surface area contributed by atoms with Crippen LogP contribution in [0.4, 0.5) is 0 Å². The van der Waals surface area contributed by atoms with Gasteiger partial charge in [-0.15, -0.1) is 0 Å². The van der Waals surface area contributed by atoms with Gasteiger partial charge in [0.25, 0.3) is 0 Å². The lowest BCUT2D eigenvalue weighted by molar-refractivity contribution is -0.136. The first-order valence-electron chi connectivity index (χ1n) is 6.99. The van der Waals surface area contributed by atoms with E-state index in [1.165, 1.54) is 0 Å². The standard InChI is InChI=1S/C14H23N3O/c1-9-4-5-16-13(6-9)14(18)17-11(3)10(2)7-12(17)8-15/h9-13,16H,4-7H2,1-3H3/t9-,10-,11?,12-,13-/m0/s1.